The van der Waals surface area contributed by atoms with Crippen LogP contribution in [0.15, 0.2) is 24.3 Å². The molecule has 3 rings (SSSR count). The van der Waals surface area contributed by atoms with E-state index in [0.29, 0.717) is 19.8 Å². The molecule has 2 N–H and O–H groups in total. The summed E-state index contributed by atoms with van der Waals surface area (Å²) in [6.07, 6.45) is 0. The van der Waals surface area contributed by atoms with Gasteiger partial charge in [-0.05, 0) is 0 Å². The Morgan fingerprint density at radius 1 is 1.26 bits per heavy atom. The van der Waals surface area contributed by atoms with Crippen molar-refractivity contribution in [2.24, 2.45) is 5.73 Å². The molecule has 0 aliphatic heterocycles. The Morgan fingerprint density at radius 2 is 2.00 bits per heavy atom. The molecule has 2 heterocycles. The van der Waals surface area contributed by atoms with Gasteiger partial charge in [0.1, 0.15) is 0 Å². The second kappa shape index (κ2) is 6.23. The number of benzene rings is 1. The zero-order valence-electron chi connectivity index (χ0n) is 13.7. The molecule has 2 radical (unpaired) electrons. The first-order valence-corrected chi connectivity index (χ1v) is 8.68. The molecule has 0 saturated heterocycles. The first-order valence-electron chi connectivity index (χ1n) is 7.74. The van der Waals surface area contributed by atoms with Crippen LogP contribution in [-0.2, 0) is 17.9 Å². The van der Waals surface area contributed by atoms with Gasteiger partial charge >= 0.3 is 144 Å². The third kappa shape index (κ3) is 3.27. The fourth-order valence-corrected chi connectivity index (χ4v) is 3.30. The minimum atomic E-state index is -0.346. The average molecular weight is 372 g/mol. The summed E-state index contributed by atoms with van der Waals surface area (Å²) < 4.78 is 8.67. The van der Waals surface area contributed by atoms with Crippen LogP contribution in [0.4, 0.5) is 0 Å². The van der Waals surface area contributed by atoms with Gasteiger partial charge in [0.2, 0.25) is 0 Å². The molecule has 0 fully saturated rings. The van der Waals surface area contributed by atoms with Crippen molar-refractivity contribution in [2.75, 3.05) is 6.61 Å². The van der Waals surface area contributed by atoms with Crippen molar-refractivity contribution in [3.05, 3.63) is 30.1 Å². The molecule has 0 spiro atoms. The summed E-state index contributed by atoms with van der Waals surface area (Å²) in [5, 5.41) is 1.09. The summed E-state index contributed by atoms with van der Waals surface area (Å²) in [6.45, 7) is 7.84. The molecule has 0 amide bonds. The predicted octanol–water partition coefficient (Wildman–Crippen LogP) is 1.65. The quantitative estimate of drug-likeness (QED) is 0.692. The fourth-order valence-electron chi connectivity index (χ4n) is 2.75. The SMILES string of the molecule is CCOCc1nc2c([As])nc3ccccc3c2n1CC(C)(C)N. The topological polar surface area (TPSA) is 66.0 Å². The minimum absolute atomic E-state index is 0.346. The number of hydrogen-bond acceptors (Lipinski definition) is 4. The second-order valence-corrected chi connectivity index (χ2v) is 7.28. The molecule has 0 saturated carbocycles. The number of fused-ring (bicyclic) bond motifs is 3. The van der Waals surface area contributed by atoms with Crippen molar-refractivity contribution in [1.82, 2.24) is 14.5 Å². The number of para-hydroxylation sites is 1. The number of nitrogens with zero attached hydrogens (tertiary/aromatic N) is 3. The van der Waals surface area contributed by atoms with Crippen LogP contribution in [-0.4, -0.2) is 43.5 Å². The Kier molecular flexibility index (Phi) is 4.45. The van der Waals surface area contributed by atoms with Gasteiger partial charge in [-0.1, -0.05) is 0 Å². The molecule has 0 aliphatic rings. The molecular formula is C17H21AsN4O. The van der Waals surface area contributed by atoms with Gasteiger partial charge in [0.25, 0.3) is 0 Å². The number of hydrogen-bond donors (Lipinski definition) is 1. The Bertz CT molecular complexity index is 851. The van der Waals surface area contributed by atoms with Gasteiger partial charge in [-0.2, -0.15) is 0 Å². The summed E-state index contributed by atoms with van der Waals surface area (Å²) in [7, 11) is 0. The molecular weight excluding hydrogens is 351 g/mol. The molecule has 0 unspecified atom stereocenters. The van der Waals surface area contributed by atoms with Crippen LogP contribution >= 0.6 is 0 Å². The standard InChI is InChI=1S/C17H21AsN4O/c1-4-23-9-13-21-14-15(22(13)10-17(2,3)19)11-7-5-6-8-12(11)20-16(14)18/h5-8H,4,9-10,19H2,1-3H3. The van der Waals surface area contributed by atoms with E-state index in [1.54, 1.807) is 0 Å². The second-order valence-electron chi connectivity index (χ2n) is 6.39. The normalized spacial score (nSPS) is 12.4. The summed E-state index contributed by atoms with van der Waals surface area (Å²) in [4.78, 5) is 9.45. The van der Waals surface area contributed by atoms with Crippen molar-refractivity contribution < 1.29 is 4.74 Å². The molecule has 3 aromatic rings. The monoisotopic (exact) mass is 372 g/mol. The predicted molar refractivity (Wildman–Crippen MR) is 94.0 cm³/mol. The molecule has 1 aromatic carbocycles. The summed E-state index contributed by atoms with van der Waals surface area (Å²) in [5.41, 5.74) is 8.90. The van der Waals surface area contributed by atoms with Crippen molar-refractivity contribution in [3.63, 3.8) is 0 Å². The average Bonchev–Trinajstić information content (AvgIpc) is 2.83. The Morgan fingerprint density at radius 3 is 2.70 bits per heavy atom. The third-order valence-electron chi connectivity index (χ3n) is 3.64. The van der Waals surface area contributed by atoms with Gasteiger partial charge in [0, 0.05) is 0 Å². The van der Waals surface area contributed by atoms with Gasteiger partial charge in [-0.15, -0.1) is 0 Å². The van der Waals surface area contributed by atoms with Crippen LogP contribution in [0.1, 0.15) is 26.6 Å². The number of pyridine rings is 1. The van der Waals surface area contributed by atoms with E-state index in [-0.39, 0.29) is 5.54 Å². The molecule has 2 aromatic heterocycles. The van der Waals surface area contributed by atoms with Crippen LogP contribution in [0.3, 0.4) is 0 Å². The maximum atomic E-state index is 6.29. The van der Waals surface area contributed by atoms with Gasteiger partial charge in [-0.3, -0.25) is 0 Å². The van der Waals surface area contributed by atoms with Crippen LogP contribution in [0.25, 0.3) is 21.9 Å². The van der Waals surface area contributed by atoms with Crippen LogP contribution < -0.4 is 10.2 Å². The van der Waals surface area contributed by atoms with E-state index in [0.717, 1.165) is 32.2 Å². The van der Waals surface area contributed by atoms with Gasteiger partial charge < -0.3 is 0 Å². The van der Waals surface area contributed by atoms with Crippen molar-refractivity contribution in [3.8, 4) is 0 Å². The molecule has 0 atom stereocenters. The zero-order valence-corrected chi connectivity index (χ0v) is 15.6. The first-order chi connectivity index (χ1) is 10.9. The van der Waals surface area contributed by atoms with E-state index in [1.165, 1.54) is 0 Å². The summed E-state index contributed by atoms with van der Waals surface area (Å²) >= 11 is 2.52. The van der Waals surface area contributed by atoms with Crippen molar-refractivity contribution in [2.45, 2.75) is 39.5 Å². The van der Waals surface area contributed by atoms with E-state index in [1.807, 2.05) is 39.0 Å². The van der Waals surface area contributed by atoms with Crippen molar-refractivity contribution in [1.29, 1.82) is 0 Å². The van der Waals surface area contributed by atoms with E-state index in [9.17, 15) is 0 Å². The van der Waals surface area contributed by atoms with Gasteiger partial charge in [0.15, 0.2) is 0 Å². The van der Waals surface area contributed by atoms with E-state index in [2.05, 4.69) is 32.5 Å². The third-order valence-corrected chi connectivity index (χ3v) is 4.30. The van der Waals surface area contributed by atoms with Crippen molar-refractivity contribution >= 4 is 43.3 Å². The number of ether oxygens (including phenoxy) is 1. The van der Waals surface area contributed by atoms with Gasteiger partial charge in [0.05, 0.1) is 0 Å². The van der Waals surface area contributed by atoms with Gasteiger partial charge in [-0.25, -0.2) is 0 Å². The molecule has 6 heteroatoms. The molecule has 0 aliphatic carbocycles. The molecule has 0 bridgehead atoms. The Balaban J connectivity index is 2.32. The van der Waals surface area contributed by atoms with Crippen LogP contribution in [0.5, 0.6) is 0 Å². The number of rotatable bonds is 5. The Hall–Kier alpha value is -1.42. The van der Waals surface area contributed by atoms with E-state index in [4.69, 9.17) is 15.5 Å². The number of imidazole rings is 1. The molecule has 23 heavy (non-hydrogen) atoms. The number of nitrogens with two attached hydrogens (primary N) is 1. The van der Waals surface area contributed by atoms with E-state index < -0.39 is 0 Å². The number of aromatic nitrogens is 3. The molecule has 120 valence electrons. The first kappa shape index (κ1) is 16.4. The fraction of sp³-hybridized carbons (Fsp3) is 0.412. The Labute approximate surface area is 144 Å². The van der Waals surface area contributed by atoms with Crippen LogP contribution in [0.2, 0.25) is 0 Å². The summed E-state index contributed by atoms with van der Waals surface area (Å²) in [5.74, 6) is 0.894. The van der Waals surface area contributed by atoms with E-state index >= 15 is 0 Å². The maximum absolute atomic E-state index is 6.29. The zero-order chi connectivity index (χ0) is 16.6. The summed E-state index contributed by atoms with van der Waals surface area (Å²) in [6, 6.07) is 8.14. The molecule has 5 nitrogen and oxygen atoms in total. The van der Waals surface area contributed by atoms with Crippen LogP contribution in [0, 0.1) is 0 Å².